The highest BCUT2D eigenvalue weighted by molar-refractivity contribution is 7.85. The van der Waals surface area contributed by atoms with Crippen molar-refractivity contribution < 1.29 is 17.5 Å². The van der Waals surface area contributed by atoms with Gasteiger partial charge in [-0.2, -0.15) is 0 Å². The first-order valence-electron chi connectivity index (χ1n) is 4.87. The van der Waals surface area contributed by atoms with E-state index in [0.717, 1.165) is 6.08 Å². The molecule has 1 rings (SSSR count). The van der Waals surface area contributed by atoms with Crippen molar-refractivity contribution in [2.24, 2.45) is 0 Å². The SMILES string of the molecule is C=CCS(=O)(=O)[O-].CC(C)[n+]1ccccc1. The van der Waals surface area contributed by atoms with Crippen molar-refractivity contribution in [1.82, 2.24) is 0 Å². The van der Waals surface area contributed by atoms with Gasteiger partial charge in [0.25, 0.3) is 0 Å². The molecule has 0 atom stereocenters. The molecule has 4 nitrogen and oxygen atoms in total. The predicted molar refractivity (Wildman–Crippen MR) is 61.8 cm³/mol. The molecule has 1 aromatic rings. The monoisotopic (exact) mass is 243 g/mol. The summed E-state index contributed by atoms with van der Waals surface area (Å²) in [5.74, 6) is -0.479. The molecule has 0 bridgehead atoms. The Kier molecular flexibility index (Phi) is 6.60. The fourth-order valence-electron chi connectivity index (χ4n) is 0.901. The molecule has 0 saturated heterocycles. The van der Waals surface area contributed by atoms with Crippen LogP contribution >= 0.6 is 0 Å². The lowest BCUT2D eigenvalue weighted by atomic mass is 10.3. The third-order valence-corrected chi connectivity index (χ3v) is 2.30. The zero-order chi connectivity index (χ0) is 12.6. The van der Waals surface area contributed by atoms with Crippen molar-refractivity contribution in [3.63, 3.8) is 0 Å². The molecule has 0 fully saturated rings. The summed E-state index contributed by atoms with van der Waals surface area (Å²) in [6.45, 7) is 7.40. The van der Waals surface area contributed by atoms with Crippen LogP contribution in [-0.2, 0) is 10.1 Å². The minimum atomic E-state index is -4.04. The maximum absolute atomic E-state index is 9.60. The van der Waals surface area contributed by atoms with Crippen molar-refractivity contribution in [1.29, 1.82) is 0 Å². The van der Waals surface area contributed by atoms with E-state index in [4.69, 9.17) is 0 Å². The lowest BCUT2D eigenvalue weighted by Crippen LogP contribution is -2.34. The second-order valence-corrected chi connectivity index (χ2v) is 4.88. The first kappa shape index (κ1) is 14.8. The van der Waals surface area contributed by atoms with Crippen molar-refractivity contribution in [3.05, 3.63) is 43.2 Å². The summed E-state index contributed by atoms with van der Waals surface area (Å²) in [6, 6.07) is 6.69. The molecule has 0 amide bonds. The molecule has 0 saturated carbocycles. The van der Waals surface area contributed by atoms with Crippen molar-refractivity contribution in [2.75, 3.05) is 5.75 Å². The maximum Gasteiger partial charge on any atom is 0.169 e. The number of rotatable bonds is 3. The van der Waals surface area contributed by atoms with Crippen LogP contribution in [0.1, 0.15) is 19.9 Å². The Morgan fingerprint density at radius 2 is 1.81 bits per heavy atom. The van der Waals surface area contributed by atoms with Crippen LogP contribution in [0.2, 0.25) is 0 Å². The van der Waals surface area contributed by atoms with E-state index in [9.17, 15) is 13.0 Å². The van der Waals surface area contributed by atoms with Gasteiger partial charge in [0.1, 0.15) is 0 Å². The van der Waals surface area contributed by atoms with Crippen LogP contribution in [0, 0.1) is 0 Å². The summed E-state index contributed by atoms with van der Waals surface area (Å²) in [4.78, 5) is 0. The minimum Gasteiger partial charge on any atom is -0.748 e. The average molecular weight is 243 g/mol. The van der Waals surface area contributed by atoms with Crippen molar-refractivity contribution in [2.45, 2.75) is 19.9 Å². The van der Waals surface area contributed by atoms with E-state index in [0.29, 0.717) is 6.04 Å². The fourth-order valence-corrected chi connectivity index (χ4v) is 1.19. The minimum absolute atomic E-state index is 0.479. The summed E-state index contributed by atoms with van der Waals surface area (Å²) in [5, 5.41) is 0. The standard InChI is InChI=1S/C8H12N.C3H6O3S/c1-8(2)9-6-4-3-5-7-9;1-2-3-7(4,5)6/h3-8H,1-2H3;2H,1,3H2,(H,4,5,6)/q+1;/p-1. The largest absolute Gasteiger partial charge is 0.748 e. The van der Waals surface area contributed by atoms with E-state index < -0.39 is 15.9 Å². The maximum atomic E-state index is 9.60. The van der Waals surface area contributed by atoms with Crippen LogP contribution < -0.4 is 4.57 Å². The Morgan fingerprint density at radius 1 is 1.31 bits per heavy atom. The lowest BCUT2D eigenvalue weighted by Gasteiger charge is -1.98. The van der Waals surface area contributed by atoms with E-state index in [1.54, 1.807) is 0 Å². The summed E-state index contributed by atoms with van der Waals surface area (Å²) < 4.78 is 31.0. The summed E-state index contributed by atoms with van der Waals surface area (Å²) in [6.07, 6.45) is 5.21. The van der Waals surface area contributed by atoms with Crippen LogP contribution in [0.25, 0.3) is 0 Å². The highest BCUT2D eigenvalue weighted by Crippen LogP contribution is 1.88. The van der Waals surface area contributed by atoms with Crippen LogP contribution in [0.3, 0.4) is 0 Å². The van der Waals surface area contributed by atoms with Crippen LogP contribution in [0.5, 0.6) is 0 Å². The molecule has 0 aliphatic rings. The first-order valence-corrected chi connectivity index (χ1v) is 6.45. The molecule has 1 aromatic heterocycles. The van der Waals surface area contributed by atoms with Gasteiger partial charge >= 0.3 is 0 Å². The Balaban J connectivity index is 0.000000293. The number of aromatic nitrogens is 1. The van der Waals surface area contributed by atoms with Gasteiger partial charge in [0.15, 0.2) is 18.4 Å². The highest BCUT2D eigenvalue weighted by Gasteiger charge is 2.00. The third kappa shape index (κ3) is 8.14. The van der Waals surface area contributed by atoms with E-state index in [2.05, 4.69) is 37.4 Å². The van der Waals surface area contributed by atoms with Crippen molar-refractivity contribution >= 4 is 10.1 Å². The van der Waals surface area contributed by atoms with Gasteiger partial charge in [-0.1, -0.05) is 12.1 Å². The molecule has 16 heavy (non-hydrogen) atoms. The molecule has 0 aromatic carbocycles. The first-order chi connectivity index (χ1) is 7.37. The Labute approximate surface area is 97.0 Å². The van der Waals surface area contributed by atoms with Gasteiger partial charge in [-0.05, 0) is 13.8 Å². The molecule has 0 spiro atoms. The van der Waals surface area contributed by atoms with Gasteiger partial charge in [-0.3, -0.25) is 0 Å². The van der Waals surface area contributed by atoms with Crippen LogP contribution in [0.4, 0.5) is 0 Å². The lowest BCUT2D eigenvalue weighted by molar-refractivity contribution is -0.716. The molecular formula is C11H17NO3S. The van der Waals surface area contributed by atoms with E-state index in [-0.39, 0.29) is 0 Å². The summed E-state index contributed by atoms with van der Waals surface area (Å²) in [7, 11) is -4.04. The van der Waals surface area contributed by atoms with E-state index in [1.807, 2.05) is 18.2 Å². The molecule has 5 heteroatoms. The molecule has 0 N–H and O–H groups in total. The van der Waals surface area contributed by atoms with Crippen LogP contribution in [0.15, 0.2) is 43.2 Å². The predicted octanol–water partition coefficient (Wildman–Crippen LogP) is 1.27. The fraction of sp³-hybridized carbons (Fsp3) is 0.364. The Bertz CT molecular complexity index is 398. The van der Waals surface area contributed by atoms with Gasteiger partial charge in [0.2, 0.25) is 0 Å². The number of pyridine rings is 1. The van der Waals surface area contributed by atoms with Gasteiger partial charge < -0.3 is 4.55 Å². The normalized spacial score (nSPS) is 10.5. The second-order valence-electron chi connectivity index (χ2n) is 3.43. The summed E-state index contributed by atoms with van der Waals surface area (Å²) >= 11 is 0. The molecule has 0 aliphatic heterocycles. The highest BCUT2D eigenvalue weighted by atomic mass is 32.2. The summed E-state index contributed by atoms with van der Waals surface area (Å²) in [5.41, 5.74) is 0. The van der Waals surface area contributed by atoms with Crippen molar-refractivity contribution in [3.8, 4) is 0 Å². The zero-order valence-electron chi connectivity index (χ0n) is 9.54. The van der Waals surface area contributed by atoms with Gasteiger partial charge in [0.05, 0.1) is 15.9 Å². The molecule has 1 heterocycles. The molecule has 0 unspecified atom stereocenters. The number of nitrogens with zero attached hydrogens (tertiary/aromatic N) is 1. The molecular weight excluding hydrogens is 226 g/mol. The molecule has 90 valence electrons. The van der Waals surface area contributed by atoms with Gasteiger partial charge in [-0.25, -0.2) is 13.0 Å². The zero-order valence-corrected chi connectivity index (χ0v) is 10.4. The van der Waals surface area contributed by atoms with E-state index in [1.165, 1.54) is 0 Å². The topological polar surface area (TPSA) is 61.1 Å². The van der Waals surface area contributed by atoms with Crippen LogP contribution in [-0.4, -0.2) is 18.7 Å². The Hall–Kier alpha value is -1.20. The number of hydrogen-bond donors (Lipinski definition) is 0. The quantitative estimate of drug-likeness (QED) is 0.456. The van der Waals surface area contributed by atoms with Gasteiger partial charge in [0, 0.05) is 12.1 Å². The number of hydrogen-bond acceptors (Lipinski definition) is 3. The van der Waals surface area contributed by atoms with E-state index >= 15 is 0 Å². The van der Waals surface area contributed by atoms with Gasteiger partial charge in [-0.15, -0.1) is 6.58 Å². The second kappa shape index (κ2) is 7.14. The molecule has 0 aliphatic carbocycles. The molecule has 0 radical (unpaired) electrons. The third-order valence-electron chi connectivity index (χ3n) is 1.66. The average Bonchev–Trinajstić information content (AvgIpc) is 2.18. The smallest absolute Gasteiger partial charge is 0.169 e. The Morgan fingerprint density at radius 3 is 2.00 bits per heavy atom.